The molecule has 5 heteroatoms. The molecule has 2 aromatic rings. The van der Waals surface area contributed by atoms with E-state index in [0.29, 0.717) is 5.82 Å². The quantitative estimate of drug-likeness (QED) is 0.879. The first-order valence-electron chi connectivity index (χ1n) is 5.33. The minimum Gasteiger partial charge on any atom is -0.478 e. The van der Waals surface area contributed by atoms with Gasteiger partial charge in [0.1, 0.15) is 6.33 Å². The number of rotatable bonds is 3. The molecule has 1 aromatic heterocycles. The van der Waals surface area contributed by atoms with Gasteiger partial charge in [0.2, 0.25) is 0 Å². The number of carboxylic acids is 1. The van der Waals surface area contributed by atoms with Crippen molar-refractivity contribution in [3.05, 3.63) is 36.2 Å². The Balaban J connectivity index is 2.49. The summed E-state index contributed by atoms with van der Waals surface area (Å²) in [6, 6.07) is 6.93. The molecule has 0 unspecified atom stereocenters. The number of carbonyl (C=O) groups is 1. The van der Waals surface area contributed by atoms with Crippen LogP contribution in [0.1, 0.15) is 30.2 Å². The molecule has 0 radical (unpaired) electrons. The minimum atomic E-state index is -0.942. The number of benzene rings is 1. The topological polar surface area (TPSA) is 68.0 Å². The molecular formula is C12H13N3O2. The van der Waals surface area contributed by atoms with Crippen molar-refractivity contribution < 1.29 is 9.90 Å². The second-order valence-corrected chi connectivity index (χ2v) is 4.04. The van der Waals surface area contributed by atoms with E-state index in [0.717, 1.165) is 5.56 Å². The van der Waals surface area contributed by atoms with E-state index < -0.39 is 5.97 Å². The maximum Gasteiger partial charge on any atom is 0.335 e. The van der Waals surface area contributed by atoms with Crippen molar-refractivity contribution in [2.24, 2.45) is 0 Å². The molecule has 0 aliphatic carbocycles. The van der Waals surface area contributed by atoms with Crippen LogP contribution in [0, 0.1) is 0 Å². The van der Waals surface area contributed by atoms with Crippen LogP contribution in [-0.2, 0) is 0 Å². The lowest BCUT2D eigenvalue weighted by Crippen LogP contribution is -2.03. The maximum atomic E-state index is 10.9. The fraction of sp³-hybridized carbons (Fsp3) is 0.250. The van der Waals surface area contributed by atoms with Gasteiger partial charge in [-0.1, -0.05) is 12.1 Å². The van der Waals surface area contributed by atoms with Crippen LogP contribution in [0.3, 0.4) is 0 Å². The summed E-state index contributed by atoms with van der Waals surface area (Å²) in [7, 11) is 0. The monoisotopic (exact) mass is 231 g/mol. The fourth-order valence-corrected chi connectivity index (χ4v) is 1.62. The molecule has 0 amide bonds. The molecule has 0 aliphatic heterocycles. The van der Waals surface area contributed by atoms with Gasteiger partial charge in [-0.3, -0.25) is 0 Å². The van der Waals surface area contributed by atoms with Crippen LogP contribution >= 0.6 is 0 Å². The molecule has 88 valence electrons. The third-order valence-corrected chi connectivity index (χ3v) is 2.50. The van der Waals surface area contributed by atoms with Crippen LogP contribution in [0.4, 0.5) is 0 Å². The summed E-state index contributed by atoms with van der Waals surface area (Å²) in [6.07, 6.45) is 1.65. The van der Waals surface area contributed by atoms with E-state index in [9.17, 15) is 4.79 Å². The van der Waals surface area contributed by atoms with Crippen LogP contribution in [0.5, 0.6) is 0 Å². The molecule has 0 fully saturated rings. The number of hydrogen-bond donors (Lipinski definition) is 1. The predicted molar refractivity (Wildman–Crippen MR) is 62.8 cm³/mol. The van der Waals surface area contributed by atoms with E-state index in [2.05, 4.69) is 10.2 Å². The van der Waals surface area contributed by atoms with Crippen molar-refractivity contribution in [3.8, 4) is 11.4 Å². The predicted octanol–water partition coefficient (Wildman–Crippen LogP) is 2.22. The van der Waals surface area contributed by atoms with Crippen molar-refractivity contribution in [3.63, 3.8) is 0 Å². The van der Waals surface area contributed by atoms with Crippen LogP contribution in [0.2, 0.25) is 0 Å². The molecule has 5 nitrogen and oxygen atoms in total. The molecule has 0 bridgehead atoms. The zero-order chi connectivity index (χ0) is 12.4. The minimum absolute atomic E-state index is 0.230. The number of nitrogens with zero attached hydrogens (tertiary/aromatic N) is 3. The van der Waals surface area contributed by atoms with E-state index in [-0.39, 0.29) is 11.6 Å². The van der Waals surface area contributed by atoms with Crippen molar-refractivity contribution in [2.45, 2.75) is 19.9 Å². The number of aromatic carboxylic acids is 1. The largest absolute Gasteiger partial charge is 0.478 e. The molecule has 0 saturated heterocycles. The first-order chi connectivity index (χ1) is 8.09. The normalized spacial score (nSPS) is 10.8. The average molecular weight is 231 g/mol. The highest BCUT2D eigenvalue weighted by Gasteiger charge is 2.11. The van der Waals surface area contributed by atoms with Gasteiger partial charge in [0.15, 0.2) is 5.82 Å². The van der Waals surface area contributed by atoms with Gasteiger partial charge in [0, 0.05) is 11.6 Å². The smallest absolute Gasteiger partial charge is 0.335 e. The molecule has 0 atom stereocenters. The Morgan fingerprint density at radius 2 is 2.18 bits per heavy atom. The molecule has 17 heavy (non-hydrogen) atoms. The maximum absolute atomic E-state index is 10.9. The van der Waals surface area contributed by atoms with E-state index in [1.54, 1.807) is 24.5 Å². The van der Waals surface area contributed by atoms with Crippen LogP contribution in [0.15, 0.2) is 30.6 Å². The Morgan fingerprint density at radius 1 is 1.41 bits per heavy atom. The molecule has 1 N–H and O–H groups in total. The molecule has 2 rings (SSSR count). The van der Waals surface area contributed by atoms with Crippen molar-refractivity contribution in [1.29, 1.82) is 0 Å². The van der Waals surface area contributed by atoms with Crippen molar-refractivity contribution in [2.75, 3.05) is 0 Å². The summed E-state index contributed by atoms with van der Waals surface area (Å²) in [5.41, 5.74) is 1.01. The Bertz CT molecular complexity index is 546. The first kappa shape index (κ1) is 11.3. The number of aromatic nitrogens is 3. The summed E-state index contributed by atoms with van der Waals surface area (Å²) in [5.74, 6) is -0.259. The van der Waals surface area contributed by atoms with Crippen LogP contribution in [-0.4, -0.2) is 25.8 Å². The van der Waals surface area contributed by atoms with Gasteiger partial charge < -0.3 is 9.67 Å². The molecule has 0 spiro atoms. The van der Waals surface area contributed by atoms with Gasteiger partial charge in [-0.15, -0.1) is 10.2 Å². The highest BCUT2D eigenvalue weighted by Crippen LogP contribution is 2.20. The molecule has 0 aliphatic rings. The van der Waals surface area contributed by atoms with Gasteiger partial charge in [0.25, 0.3) is 0 Å². The van der Waals surface area contributed by atoms with Crippen molar-refractivity contribution in [1.82, 2.24) is 14.8 Å². The lowest BCUT2D eigenvalue weighted by molar-refractivity contribution is 0.0697. The summed E-state index contributed by atoms with van der Waals surface area (Å²) in [6.45, 7) is 4.04. The summed E-state index contributed by atoms with van der Waals surface area (Å²) < 4.78 is 1.90. The van der Waals surface area contributed by atoms with E-state index in [1.807, 2.05) is 24.5 Å². The van der Waals surface area contributed by atoms with E-state index >= 15 is 0 Å². The van der Waals surface area contributed by atoms with Crippen LogP contribution in [0.25, 0.3) is 11.4 Å². The fourth-order valence-electron chi connectivity index (χ4n) is 1.62. The lowest BCUT2D eigenvalue weighted by Gasteiger charge is -2.10. The summed E-state index contributed by atoms with van der Waals surface area (Å²) in [4.78, 5) is 10.9. The van der Waals surface area contributed by atoms with Gasteiger partial charge >= 0.3 is 5.97 Å². The van der Waals surface area contributed by atoms with Gasteiger partial charge in [-0.05, 0) is 26.0 Å². The van der Waals surface area contributed by atoms with Crippen molar-refractivity contribution >= 4 is 5.97 Å². The molecular weight excluding hydrogens is 218 g/mol. The third kappa shape index (κ3) is 2.18. The number of hydrogen-bond acceptors (Lipinski definition) is 3. The SMILES string of the molecule is CC(C)n1cnnc1-c1cccc(C(=O)O)c1. The van der Waals surface area contributed by atoms with Gasteiger partial charge in [-0.2, -0.15) is 0 Å². The molecule has 0 saturated carbocycles. The Hall–Kier alpha value is -2.17. The Labute approximate surface area is 98.7 Å². The first-order valence-corrected chi connectivity index (χ1v) is 5.33. The Kier molecular flexibility index (Phi) is 2.91. The van der Waals surface area contributed by atoms with E-state index in [1.165, 1.54) is 0 Å². The highest BCUT2D eigenvalue weighted by molar-refractivity contribution is 5.89. The third-order valence-electron chi connectivity index (χ3n) is 2.50. The zero-order valence-electron chi connectivity index (χ0n) is 9.66. The highest BCUT2D eigenvalue weighted by atomic mass is 16.4. The molecule has 1 heterocycles. The van der Waals surface area contributed by atoms with E-state index in [4.69, 9.17) is 5.11 Å². The standard InChI is InChI=1S/C12H13N3O2/c1-8(2)15-7-13-14-11(15)9-4-3-5-10(6-9)12(16)17/h3-8H,1-2H3,(H,16,17). The lowest BCUT2D eigenvalue weighted by atomic mass is 10.1. The Morgan fingerprint density at radius 3 is 2.82 bits per heavy atom. The van der Waals surface area contributed by atoms with Gasteiger partial charge in [0.05, 0.1) is 5.56 Å². The molecule has 1 aromatic carbocycles. The number of carboxylic acid groups (broad SMARTS) is 1. The summed E-state index contributed by atoms with van der Waals surface area (Å²) in [5, 5.41) is 16.8. The van der Waals surface area contributed by atoms with Gasteiger partial charge in [-0.25, -0.2) is 4.79 Å². The van der Waals surface area contributed by atoms with Crippen LogP contribution < -0.4 is 0 Å². The zero-order valence-corrected chi connectivity index (χ0v) is 9.66. The summed E-state index contributed by atoms with van der Waals surface area (Å²) >= 11 is 0. The average Bonchev–Trinajstić information content (AvgIpc) is 2.78. The second kappa shape index (κ2) is 4.37. The second-order valence-electron chi connectivity index (χ2n) is 4.04.